The molecule has 0 nitrogen and oxygen atoms in total. The summed E-state index contributed by atoms with van der Waals surface area (Å²) in [5.41, 5.74) is 2.59. The molecule has 0 heterocycles. The Labute approximate surface area is 96.4 Å². The van der Waals surface area contributed by atoms with Crippen molar-refractivity contribution in [1.29, 1.82) is 0 Å². The van der Waals surface area contributed by atoms with Crippen LogP contribution in [-0.4, -0.2) is 0 Å². The summed E-state index contributed by atoms with van der Waals surface area (Å²) in [6.45, 7) is 0. The molecule has 1 aromatic rings. The second-order valence-corrected chi connectivity index (χ2v) is 5.17. The molecule has 0 N–H and O–H groups in total. The number of halogens is 3. The van der Waals surface area contributed by atoms with Crippen molar-refractivity contribution in [3.63, 3.8) is 0 Å². The van der Waals surface area contributed by atoms with Gasteiger partial charge in [-0.05, 0) is 27.1 Å². The fraction of sp³-hybridized carbons (Fsp3) is 0.111. The SMILES string of the molecule is BrC1=C(Br)C(Br)c2ccccc21. The van der Waals surface area contributed by atoms with E-state index >= 15 is 0 Å². The van der Waals surface area contributed by atoms with Gasteiger partial charge in [0, 0.05) is 8.96 Å². The Morgan fingerprint density at radius 2 is 1.75 bits per heavy atom. The number of benzene rings is 1. The first kappa shape index (κ1) is 8.97. The predicted octanol–water partition coefficient (Wildman–Crippen LogP) is 4.59. The first-order valence-corrected chi connectivity index (χ1v) is 6.00. The third-order valence-electron chi connectivity index (χ3n) is 1.90. The van der Waals surface area contributed by atoms with Gasteiger partial charge in [-0.2, -0.15) is 0 Å². The summed E-state index contributed by atoms with van der Waals surface area (Å²) in [6, 6.07) is 8.34. The molecule has 0 fully saturated rings. The summed E-state index contributed by atoms with van der Waals surface area (Å²) < 4.78 is 2.32. The Kier molecular flexibility index (Phi) is 2.45. The molecule has 1 unspecified atom stereocenters. The van der Waals surface area contributed by atoms with Gasteiger partial charge in [-0.25, -0.2) is 0 Å². The van der Waals surface area contributed by atoms with Gasteiger partial charge in [0.05, 0.1) is 4.83 Å². The Balaban J connectivity index is 2.65. The van der Waals surface area contributed by atoms with Gasteiger partial charge in [-0.3, -0.25) is 0 Å². The molecule has 1 atom stereocenters. The van der Waals surface area contributed by atoms with E-state index in [4.69, 9.17) is 0 Å². The first-order valence-electron chi connectivity index (χ1n) is 3.50. The maximum Gasteiger partial charge on any atom is 0.0727 e. The number of alkyl halides is 1. The van der Waals surface area contributed by atoms with Gasteiger partial charge in [-0.1, -0.05) is 56.1 Å². The molecule has 0 saturated carbocycles. The van der Waals surface area contributed by atoms with Gasteiger partial charge >= 0.3 is 0 Å². The van der Waals surface area contributed by atoms with Crippen LogP contribution in [0.1, 0.15) is 16.0 Å². The second kappa shape index (κ2) is 3.28. The standard InChI is InChI=1S/C9H5Br3/c10-7-5-3-1-2-4-6(5)8(11)9(7)12/h1-4,7H. The minimum atomic E-state index is 0.308. The lowest BCUT2D eigenvalue weighted by molar-refractivity contribution is 1.28. The van der Waals surface area contributed by atoms with E-state index in [1.165, 1.54) is 15.6 Å². The average molecular weight is 353 g/mol. The molecular weight excluding hydrogens is 348 g/mol. The molecule has 62 valence electrons. The van der Waals surface area contributed by atoms with Crippen LogP contribution in [0.3, 0.4) is 0 Å². The van der Waals surface area contributed by atoms with E-state index < -0.39 is 0 Å². The van der Waals surface area contributed by atoms with Crippen LogP contribution < -0.4 is 0 Å². The highest BCUT2D eigenvalue weighted by Crippen LogP contribution is 2.50. The zero-order chi connectivity index (χ0) is 8.72. The zero-order valence-corrected chi connectivity index (χ0v) is 10.8. The highest BCUT2D eigenvalue weighted by atomic mass is 79.9. The van der Waals surface area contributed by atoms with Crippen LogP contribution in [0.15, 0.2) is 28.7 Å². The summed E-state index contributed by atoms with van der Waals surface area (Å²) in [7, 11) is 0. The summed E-state index contributed by atoms with van der Waals surface area (Å²) in [6.07, 6.45) is 0. The maximum atomic E-state index is 3.61. The lowest BCUT2D eigenvalue weighted by Crippen LogP contribution is -1.83. The van der Waals surface area contributed by atoms with Gasteiger partial charge in [0.1, 0.15) is 0 Å². The molecule has 12 heavy (non-hydrogen) atoms. The topological polar surface area (TPSA) is 0 Å². The number of rotatable bonds is 0. The highest BCUT2D eigenvalue weighted by molar-refractivity contribution is 9.17. The minimum absolute atomic E-state index is 0.308. The molecule has 0 saturated heterocycles. The lowest BCUT2D eigenvalue weighted by atomic mass is 10.1. The third-order valence-corrected chi connectivity index (χ3v) is 5.71. The van der Waals surface area contributed by atoms with Crippen molar-refractivity contribution in [2.45, 2.75) is 4.83 Å². The van der Waals surface area contributed by atoms with Crippen LogP contribution in [0.4, 0.5) is 0 Å². The quantitative estimate of drug-likeness (QED) is 0.599. The van der Waals surface area contributed by atoms with Crippen molar-refractivity contribution >= 4 is 52.3 Å². The minimum Gasteiger partial charge on any atom is -0.0780 e. The fourth-order valence-electron chi connectivity index (χ4n) is 1.29. The molecule has 1 aliphatic rings. The van der Waals surface area contributed by atoms with E-state index in [9.17, 15) is 0 Å². The molecule has 1 aromatic carbocycles. The molecule has 0 spiro atoms. The van der Waals surface area contributed by atoms with Crippen molar-refractivity contribution in [3.05, 3.63) is 39.9 Å². The monoisotopic (exact) mass is 350 g/mol. The van der Waals surface area contributed by atoms with Gasteiger partial charge in [0.25, 0.3) is 0 Å². The number of hydrogen-bond acceptors (Lipinski definition) is 0. The molecule has 0 radical (unpaired) electrons. The van der Waals surface area contributed by atoms with Crippen LogP contribution in [-0.2, 0) is 0 Å². The number of fused-ring (bicyclic) bond motifs is 1. The van der Waals surface area contributed by atoms with E-state index in [0.29, 0.717) is 4.83 Å². The van der Waals surface area contributed by atoms with E-state index in [-0.39, 0.29) is 0 Å². The van der Waals surface area contributed by atoms with Crippen LogP contribution in [0, 0.1) is 0 Å². The lowest BCUT2D eigenvalue weighted by Gasteiger charge is -2.02. The van der Waals surface area contributed by atoms with E-state index in [1.807, 2.05) is 6.07 Å². The van der Waals surface area contributed by atoms with Crippen molar-refractivity contribution in [2.24, 2.45) is 0 Å². The average Bonchev–Trinajstić information content (AvgIpc) is 2.33. The van der Waals surface area contributed by atoms with E-state index in [2.05, 4.69) is 66.0 Å². The molecule has 3 heteroatoms. The molecule has 0 bridgehead atoms. The van der Waals surface area contributed by atoms with Crippen LogP contribution >= 0.6 is 47.8 Å². The van der Waals surface area contributed by atoms with Crippen LogP contribution in [0.5, 0.6) is 0 Å². The van der Waals surface area contributed by atoms with Crippen LogP contribution in [0.2, 0.25) is 0 Å². The zero-order valence-electron chi connectivity index (χ0n) is 6.02. The van der Waals surface area contributed by atoms with Gasteiger partial charge in [-0.15, -0.1) is 0 Å². The van der Waals surface area contributed by atoms with Crippen molar-refractivity contribution in [1.82, 2.24) is 0 Å². The van der Waals surface area contributed by atoms with Gasteiger partial charge in [0.15, 0.2) is 0 Å². The molecule has 0 amide bonds. The Morgan fingerprint density at radius 3 is 2.42 bits per heavy atom. The summed E-state index contributed by atoms with van der Waals surface area (Å²) in [4.78, 5) is 0.308. The van der Waals surface area contributed by atoms with Crippen molar-refractivity contribution in [2.75, 3.05) is 0 Å². The third kappa shape index (κ3) is 1.22. The van der Waals surface area contributed by atoms with E-state index in [0.717, 1.165) is 4.48 Å². The Hall–Kier alpha value is 0.400. The summed E-state index contributed by atoms with van der Waals surface area (Å²) >= 11 is 10.7. The number of allylic oxidation sites excluding steroid dienone is 1. The molecule has 2 rings (SSSR count). The van der Waals surface area contributed by atoms with Gasteiger partial charge in [0.2, 0.25) is 0 Å². The Bertz CT molecular complexity index is 355. The molecular formula is C9H5Br3. The van der Waals surface area contributed by atoms with Gasteiger partial charge < -0.3 is 0 Å². The summed E-state index contributed by atoms with van der Waals surface area (Å²) in [5, 5.41) is 0. The first-order chi connectivity index (χ1) is 5.72. The Morgan fingerprint density at radius 1 is 1.08 bits per heavy atom. The highest BCUT2D eigenvalue weighted by Gasteiger charge is 2.25. The normalized spacial score (nSPS) is 21.4. The smallest absolute Gasteiger partial charge is 0.0727 e. The van der Waals surface area contributed by atoms with Crippen molar-refractivity contribution < 1.29 is 0 Å². The van der Waals surface area contributed by atoms with Crippen molar-refractivity contribution in [3.8, 4) is 0 Å². The van der Waals surface area contributed by atoms with Crippen LogP contribution in [0.25, 0.3) is 4.48 Å². The molecule has 0 aliphatic heterocycles. The second-order valence-electron chi connectivity index (χ2n) is 2.61. The van der Waals surface area contributed by atoms with E-state index in [1.54, 1.807) is 0 Å². The largest absolute Gasteiger partial charge is 0.0780 e. The molecule has 0 aromatic heterocycles. The predicted molar refractivity (Wildman–Crippen MR) is 62.9 cm³/mol. The maximum absolute atomic E-state index is 3.61. The fourth-order valence-corrected chi connectivity index (χ4v) is 3.28. The number of hydrogen-bond donors (Lipinski definition) is 0. The summed E-state index contributed by atoms with van der Waals surface area (Å²) in [5.74, 6) is 0. The molecule has 1 aliphatic carbocycles.